The number of benzene rings is 1. The maximum atomic E-state index is 11.1. The van der Waals surface area contributed by atoms with Crippen molar-refractivity contribution >= 4 is 5.97 Å². The fourth-order valence-corrected chi connectivity index (χ4v) is 1.27. The largest absolute Gasteiger partial charge is 0.480 e. The van der Waals surface area contributed by atoms with Crippen LogP contribution in [0.5, 0.6) is 0 Å². The van der Waals surface area contributed by atoms with Crippen molar-refractivity contribution in [1.82, 2.24) is 5.12 Å². The first-order chi connectivity index (χ1) is 6.97. The van der Waals surface area contributed by atoms with Crippen LogP contribution in [0, 0.1) is 0 Å². The molecule has 5 N–H and O–H groups in total. The molecule has 1 aromatic carbocycles. The molecule has 1 rings (SSSR count). The smallest absolute Gasteiger partial charge is 0.327 e. The molecule has 1 atom stereocenters. The maximum Gasteiger partial charge on any atom is 0.327 e. The molecule has 0 fully saturated rings. The van der Waals surface area contributed by atoms with Crippen molar-refractivity contribution in [3.8, 4) is 0 Å². The molecule has 0 aliphatic carbocycles. The van der Waals surface area contributed by atoms with Crippen LogP contribution in [0.3, 0.4) is 0 Å². The molecule has 0 heterocycles. The van der Waals surface area contributed by atoms with Crippen LogP contribution in [0.25, 0.3) is 0 Å². The van der Waals surface area contributed by atoms with E-state index in [9.17, 15) is 4.79 Å². The Balaban J connectivity index is 2.90. The van der Waals surface area contributed by atoms with Crippen molar-refractivity contribution in [2.45, 2.75) is 18.9 Å². The molecular formula is C10H15N3O2. The molecule has 15 heavy (non-hydrogen) atoms. The van der Waals surface area contributed by atoms with E-state index in [4.69, 9.17) is 16.8 Å². The minimum Gasteiger partial charge on any atom is -0.480 e. The topological polar surface area (TPSA) is 92.6 Å². The zero-order chi connectivity index (χ0) is 11.5. The first-order valence-corrected chi connectivity index (χ1v) is 4.54. The average molecular weight is 209 g/mol. The summed E-state index contributed by atoms with van der Waals surface area (Å²) in [6.45, 7) is 1.49. The Labute approximate surface area is 88.2 Å². The third kappa shape index (κ3) is 2.53. The van der Waals surface area contributed by atoms with Gasteiger partial charge in [-0.05, 0) is 12.5 Å². The first-order valence-electron chi connectivity index (χ1n) is 4.54. The Kier molecular flexibility index (Phi) is 3.41. The van der Waals surface area contributed by atoms with Gasteiger partial charge in [-0.25, -0.2) is 0 Å². The van der Waals surface area contributed by atoms with Gasteiger partial charge >= 0.3 is 5.97 Å². The minimum absolute atomic E-state index is 0.260. The Morgan fingerprint density at radius 2 is 1.93 bits per heavy atom. The van der Waals surface area contributed by atoms with Gasteiger partial charge in [0.1, 0.15) is 5.54 Å². The van der Waals surface area contributed by atoms with Crippen molar-refractivity contribution < 1.29 is 9.90 Å². The molecule has 0 radical (unpaired) electrons. The summed E-state index contributed by atoms with van der Waals surface area (Å²) in [5, 5.41) is 9.80. The van der Waals surface area contributed by atoms with Crippen LogP contribution in [0.1, 0.15) is 12.5 Å². The Hall–Kier alpha value is -1.43. The van der Waals surface area contributed by atoms with E-state index in [1.165, 1.54) is 6.92 Å². The highest BCUT2D eigenvalue weighted by Crippen LogP contribution is 2.16. The number of hydrazine groups is 2. The molecule has 5 heteroatoms. The van der Waals surface area contributed by atoms with E-state index in [2.05, 4.69) is 0 Å². The van der Waals surface area contributed by atoms with Gasteiger partial charge in [-0.15, -0.1) is 0 Å². The molecule has 0 spiro atoms. The van der Waals surface area contributed by atoms with Crippen LogP contribution >= 0.6 is 0 Å². The SMILES string of the molecule is CC(Cc1ccccc1)(C(=O)O)N(N)N. The van der Waals surface area contributed by atoms with Gasteiger partial charge in [0.2, 0.25) is 0 Å². The second-order valence-corrected chi connectivity index (χ2v) is 3.65. The second kappa shape index (κ2) is 4.39. The summed E-state index contributed by atoms with van der Waals surface area (Å²) in [5.74, 6) is 9.65. The predicted octanol–water partition coefficient (Wildman–Crippen LogP) is 0.122. The number of nitrogens with zero attached hydrogens (tertiary/aromatic N) is 1. The number of rotatable bonds is 4. The van der Waals surface area contributed by atoms with Crippen LogP contribution in [-0.4, -0.2) is 21.7 Å². The third-order valence-corrected chi connectivity index (χ3v) is 2.42. The van der Waals surface area contributed by atoms with Crippen LogP contribution in [0.4, 0.5) is 0 Å². The fourth-order valence-electron chi connectivity index (χ4n) is 1.27. The highest BCUT2D eigenvalue weighted by Gasteiger charge is 2.37. The minimum atomic E-state index is -1.29. The maximum absolute atomic E-state index is 11.1. The highest BCUT2D eigenvalue weighted by molar-refractivity contribution is 5.78. The Bertz CT molecular complexity index is 340. The molecule has 0 aromatic heterocycles. The number of hydrogen-bond acceptors (Lipinski definition) is 4. The fraction of sp³-hybridized carbons (Fsp3) is 0.300. The summed E-state index contributed by atoms with van der Waals surface area (Å²) in [6, 6.07) is 9.23. The van der Waals surface area contributed by atoms with E-state index < -0.39 is 11.5 Å². The lowest BCUT2D eigenvalue weighted by Gasteiger charge is -2.30. The molecule has 0 aliphatic rings. The van der Waals surface area contributed by atoms with Gasteiger partial charge in [0.25, 0.3) is 0 Å². The summed E-state index contributed by atoms with van der Waals surface area (Å²) in [7, 11) is 0. The van der Waals surface area contributed by atoms with E-state index in [0.717, 1.165) is 10.7 Å². The van der Waals surface area contributed by atoms with Gasteiger partial charge in [0.05, 0.1) is 0 Å². The molecule has 0 saturated carbocycles. The Morgan fingerprint density at radius 1 is 1.40 bits per heavy atom. The lowest BCUT2D eigenvalue weighted by Crippen LogP contribution is -2.61. The van der Waals surface area contributed by atoms with Gasteiger partial charge in [-0.3, -0.25) is 16.5 Å². The van der Waals surface area contributed by atoms with Gasteiger partial charge in [-0.1, -0.05) is 30.3 Å². The zero-order valence-corrected chi connectivity index (χ0v) is 8.55. The number of hydrogen-bond donors (Lipinski definition) is 3. The molecule has 0 aliphatic heterocycles. The number of carbonyl (C=O) groups is 1. The van der Waals surface area contributed by atoms with E-state index >= 15 is 0 Å². The molecule has 1 unspecified atom stereocenters. The molecule has 1 aromatic rings. The molecular weight excluding hydrogens is 194 g/mol. The average Bonchev–Trinajstić information content (AvgIpc) is 2.18. The first kappa shape index (κ1) is 11.6. The lowest BCUT2D eigenvalue weighted by molar-refractivity contribution is -0.151. The zero-order valence-electron chi connectivity index (χ0n) is 8.55. The van der Waals surface area contributed by atoms with Crippen molar-refractivity contribution in [3.63, 3.8) is 0 Å². The molecule has 0 amide bonds. The monoisotopic (exact) mass is 209 g/mol. The van der Waals surface area contributed by atoms with Crippen molar-refractivity contribution in [2.24, 2.45) is 11.7 Å². The summed E-state index contributed by atoms with van der Waals surface area (Å²) in [5.41, 5.74) is -0.412. The van der Waals surface area contributed by atoms with E-state index in [1.54, 1.807) is 0 Å². The van der Waals surface area contributed by atoms with E-state index in [1.807, 2.05) is 30.3 Å². The van der Waals surface area contributed by atoms with Gasteiger partial charge in [0, 0.05) is 6.42 Å². The number of nitrogens with two attached hydrogens (primary N) is 2. The normalized spacial score (nSPS) is 14.9. The second-order valence-electron chi connectivity index (χ2n) is 3.65. The summed E-state index contributed by atoms with van der Waals surface area (Å²) < 4.78 is 0. The van der Waals surface area contributed by atoms with Crippen molar-refractivity contribution in [2.75, 3.05) is 0 Å². The summed E-state index contributed by atoms with van der Waals surface area (Å²) >= 11 is 0. The quantitative estimate of drug-likeness (QED) is 0.484. The highest BCUT2D eigenvalue weighted by atomic mass is 16.4. The number of carboxylic acid groups (broad SMARTS) is 1. The molecule has 0 saturated heterocycles. The molecule has 5 nitrogen and oxygen atoms in total. The van der Waals surface area contributed by atoms with Crippen LogP contribution in [0.2, 0.25) is 0 Å². The van der Waals surface area contributed by atoms with Gasteiger partial charge in [0.15, 0.2) is 0 Å². The van der Waals surface area contributed by atoms with E-state index in [0.29, 0.717) is 0 Å². The lowest BCUT2D eigenvalue weighted by atomic mass is 9.93. The summed E-state index contributed by atoms with van der Waals surface area (Å²) in [4.78, 5) is 11.1. The predicted molar refractivity (Wildman–Crippen MR) is 56.4 cm³/mol. The standard InChI is InChI=1S/C10H15N3O2/c1-10(9(14)15,13(11)12)7-8-5-3-2-4-6-8/h2-6H,7,11-12H2,1H3,(H,14,15). The van der Waals surface area contributed by atoms with Crippen LogP contribution in [0.15, 0.2) is 30.3 Å². The number of carboxylic acids is 1. The van der Waals surface area contributed by atoms with E-state index in [-0.39, 0.29) is 6.42 Å². The molecule has 0 bridgehead atoms. The third-order valence-electron chi connectivity index (χ3n) is 2.42. The number of aliphatic carboxylic acids is 1. The van der Waals surface area contributed by atoms with Crippen LogP contribution in [-0.2, 0) is 11.2 Å². The van der Waals surface area contributed by atoms with Crippen molar-refractivity contribution in [1.29, 1.82) is 0 Å². The molecule has 82 valence electrons. The van der Waals surface area contributed by atoms with Gasteiger partial charge < -0.3 is 5.11 Å². The van der Waals surface area contributed by atoms with Crippen LogP contribution < -0.4 is 11.7 Å². The Morgan fingerprint density at radius 3 is 2.33 bits per heavy atom. The summed E-state index contributed by atoms with van der Waals surface area (Å²) in [6.07, 6.45) is 0.260. The van der Waals surface area contributed by atoms with Crippen molar-refractivity contribution in [3.05, 3.63) is 35.9 Å². The van der Waals surface area contributed by atoms with Gasteiger partial charge in [-0.2, -0.15) is 5.12 Å².